The van der Waals surface area contributed by atoms with E-state index in [2.05, 4.69) is 34.5 Å². The van der Waals surface area contributed by atoms with Gasteiger partial charge in [0.25, 0.3) is 0 Å². The van der Waals surface area contributed by atoms with E-state index in [4.69, 9.17) is 0 Å². The van der Waals surface area contributed by atoms with Crippen molar-refractivity contribution < 1.29 is 18.0 Å². The summed E-state index contributed by atoms with van der Waals surface area (Å²) in [5.41, 5.74) is 1.46. The lowest BCUT2D eigenvalue weighted by Gasteiger charge is -2.31. The minimum Gasteiger partial charge on any atom is -0.325 e. The fourth-order valence-corrected chi connectivity index (χ4v) is 3.38. The summed E-state index contributed by atoms with van der Waals surface area (Å²) in [7, 11) is 0. The van der Waals surface area contributed by atoms with Gasteiger partial charge in [0.2, 0.25) is 5.91 Å². The number of aryl methyl sites for hydroxylation is 1. The van der Waals surface area contributed by atoms with E-state index in [0.717, 1.165) is 25.7 Å². The molecule has 1 N–H and O–H groups in total. The van der Waals surface area contributed by atoms with Crippen molar-refractivity contribution in [2.24, 2.45) is 5.92 Å². The van der Waals surface area contributed by atoms with Crippen LogP contribution in [0.3, 0.4) is 0 Å². The number of hydrogen-bond donors (Lipinski definition) is 1. The number of para-hydroxylation sites is 1. The van der Waals surface area contributed by atoms with Crippen LogP contribution in [0.5, 0.6) is 0 Å². The molecular weight excluding hydrogens is 353 g/mol. The Bertz CT molecular complexity index is 779. The second-order valence-electron chi connectivity index (χ2n) is 7.07. The average molecular weight is 376 g/mol. The van der Waals surface area contributed by atoms with Gasteiger partial charge in [0.1, 0.15) is 0 Å². The summed E-state index contributed by atoms with van der Waals surface area (Å²) in [4.78, 5) is 14.7. The van der Waals surface area contributed by atoms with Gasteiger partial charge in [0, 0.05) is 12.5 Å². The van der Waals surface area contributed by atoms with Gasteiger partial charge < -0.3 is 5.32 Å². The first-order valence-electron chi connectivity index (χ1n) is 9.08. The number of likely N-dealkylation sites (tertiary alicyclic amines) is 1. The molecule has 144 valence electrons. The van der Waals surface area contributed by atoms with Gasteiger partial charge in [-0.1, -0.05) is 42.0 Å². The quantitative estimate of drug-likeness (QED) is 0.826. The number of anilines is 1. The Morgan fingerprint density at radius 1 is 1.07 bits per heavy atom. The maximum atomic E-state index is 13.1. The fraction of sp³-hybridized carbons (Fsp3) is 0.381. The third kappa shape index (κ3) is 5.10. The molecule has 0 aromatic heterocycles. The van der Waals surface area contributed by atoms with Crippen LogP contribution in [0.2, 0.25) is 0 Å². The second-order valence-corrected chi connectivity index (χ2v) is 7.07. The first-order valence-corrected chi connectivity index (χ1v) is 9.08. The summed E-state index contributed by atoms with van der Waals surface area (Å²) < 4.78 is 39.2. The van der Waals surface area contributed by atoms with Crippen molar-refractivity contribution >= 4 is 11.6 Å². The molecule has 0 saturated carbocycles. The highest BCUT2D eigenvalue weighted by atomic mass is 19.4. The predicted molar refractivity (Wildman–Crippen MR) is 99.3 cm³/mol. The van der Waals surface area contributed by atoms with Crippen molar-refractivity contribution in [1.29, 1.82) is 0 Å². The average Bonchev–Trinajstić information content (AvgIpc) is 2.64. The molecule has 0 atom stereocenters. The Kier molecular flexibility index (Phi) is 5.85. The molecule has 2 aromatic carbocycles. The van der Waals surface area contributed by atoms with E-state index < -0.39 is 11.7 Å². The van der Waals surface area contributed by atoms with Gasteiger partial charge in [-0.25, -0.2) is 0 Å². The van der Waals surface area contributed by atoms with Crippen molar-refractivity contribution in [3.8, 4) is 0 Å². The molecule has 0 unspecified atom stereocenters. The van der Waals surface area contributed by atoms with Gasteiger partial charge in [0.15, 0.2) is 0 Å². The topological polar surface area (TPSA) is 32.3 Å². The van der Waals surface area contributed by atoms with Crippen molar-refractivity contribution in [3.63, 3.8) is 0 Å². The standard InChI is InChI=1S/C21H23F3N2O/c1-15-6-8-16(9-7-15)14-26-12-10-17(11-13-26)20(27)25-19-5-3-2-4-18(19)21(22,23)24/h2-9,17H,10-14H2,1H3,(H,25,27). The molecule has 1 amide bonds. The fourth-order valence-electron chi connectivity index (χ4n) is 3.38. The van der Waals surface area contributed by atoms with E-state index in [1.54, 1.807) is 0 Å². The highest BCUT2D eigenvalue weighted by molar-refractivity contribution is 5.93. The SMILES string of the molecule is Cc1ccc(CN2CCC(C(=O)Nc3ccccc3C(F)(F)F)CC2)cc1. The minimum atomic E-state index is -4.48. The maximum absolute atomic E-state index is 13.1. The normalized spacial score (nSPS) is 16.3. The molecule has 2 aromatic rings. The predicted octanol–water partition coefficient (Wildman–Crippen LogP) is 4.86. The van der Waals surface area contributed by atoms with Crippen LogP contribution in [-0.2, 0) is 17.5 Å². The van der Waals surface area contributed by atoms with Crippen LogP contribution < -0.4 is 5.32 Å². The van der Waals surface area contributed by atoms with Crippen LogP contribution in [0.15, 0.2) is 48.5 Å². The highest BCUT2D eigenvalue weighted by Gasteiger charge is 2.34. The summed E-state index contributed by atoms with van der Waals surface area (Å²) in [6.07, 6.45) is -3.20. The molecule has 0 radical (unpaired) electrons. The second kappa shape index (κ2) is 8.13. The number of hydrogen-bond acceptors (Lipinski definition) is 2. The summed E-state index contributed by atoms with van der Waals surface area (Å²) in [5.74, 6) is -0.595. The largest absolute Gasteiger partial charge is 0.418 e. The molecule has 3 nitrogen and oxygen atoms in total. The van der Waals surface area contributed by atoms with Crippen LogP contribution in [0.1, 0.15) is 29.5 Å². The summed E-state index contributed by atoms with van der Waals surface area (Å²) in [6, 6.07) is 13.5. The third-order valence-corrected chi connectivity index (χ3v) is 4.98. The highest BCUT2D eigenvalue weighted by Crippen LogP contribution is 2.35. The van der Waals surface area contributed by atoms with Gasteiger partial charge in [-0.3, -0.25) is 9.69 Å². The molecule has 1 aliphatic rings. The molecule has 0 aliphatic carbocycles. The van der Waals surface area contributed by atoms with Crippen LogP contribution in [0.4, 0.5) is 18.9 Å². The molecule has 0 spiro atoms. The molecule has 1 fully saturated rings. The summed E-state index contributed by atoms with van der Waals surface area (Å²) in [5, 5.41) is 2.48. The maximum Gasteiger partial charge on any atom is 0.418 e. The minimum absolute atomic E-state index is 0.169. The summed E-state index contributed by atoms with van der Waals surface area (Å²) in [6.45, 7) is 4.39. The lowest BCUT2D eigenvalue weighted by atomic mass is 9.95. The number of carbonyl (C=O) groups excluding carboxylic acids is 1. The molecule has 6 heteroatoms. The van der Waals surface area contributed by atoms with Gasteiger partial charge in [-0.2, -0.15) is 13.2 Å². The molecule has 1 heterocycles. The number of amides is 1. The number of piperidine rings is 1. The molecule has 1 aliphatic heterocycles. The van der Waals surface area contributed by atoms with Gasteiger partial charge >= 0.3 is 6.18 Å². The van der Waals surface area contributed by atoms with Gasteiger partial charge in [0.05, 0.1) is 11.3 Å². The third-order valence-electron chi connectivity index (χ3n) is 4.98. The number of alkyl halides is 3. The van der Waals surface area contributed by atoms with Crippen LogP contribution in [0.25, 0.3) is 0 Å². The first kappa shape index (κ1) is 19.4. The zero-order valence-electron chi connectivity index (χ0n) is 15.2. The number of nitrogens with one attached hydrogen (secondary N) is 1. The van der Waals surface area contributed by atoms with E-state index >= 15 is 0 Å². The van der Waals surface area contributed by atoms with Gasteiger partial charge in [-0.15, -0.1) is 0 Å². The van der Waals surface area contributed by atoms with Crippen LogP contribution in [0, 0.1) is 12.8 Å². The molecular formula is C21H23F3N2O. The van der Waals surface area contributed by atoms with Gasteiger partial charge in [-0.05, 0) is 50.6 Å². The van der Waals surface area contributed by atoms with Crippen LogP contribution >= 0.6 is 0 Å². The van der Waals surface area contributed by atoms with Crippen molar-refractivity contribution in [2.45, 2.75) is 32.5 Å². The summed E-state index contributed by atoms with van der Waals surface area (Å²) >= 11 is 0. The molecule has 27 heavy (non-hydrogen) atoms. The number of carbonyl (C=O) groups is 1. The van der Waals surface area contributed by atoms with E-state index in [1.165, 1.54) is 29.3 Å². The van der Waals surface area contributed by atoms with E-state index in [-0.39, 0.29) is 17.5 Å². The Morgan fingerprint density at radius 3 is 2.33 bits per heavy atom. The Labute approximate surface area is 157 Å². The number of nitrogens with zero attached hydrogens (tertiary/aromatic N) is 1. The molecule has 1 saturated heterocycles. The monoisotopic (exact) mass is 376 g/mol. The lowest BCUT2D eigenvalue weighted by molar-refractivity contribution is -0.137. The molecule has 3 rings (SSSR count). The van der Waals surface area contributed by atoms with Crippen molar-refractivity contribution in [3.05, 3.63) is 65.2 Å². The molecule has 0 bridgehead atoms. The van der Waals surface area contributed by atoms with Crippen LogP contribution in [-0.4, -0.2) is 23.9 Å². The Balaban J connectivity index is 1.55. The van der Waals surface area contributed by atoms with E-state index in [0.29, 0.717) is 12.8 Å². The van der Waals surface area contributed by atoms with Crippen molar-refractivity contribution in [1.82, 2.24) is 4.90 Å². The van der Waals surface area contributed by atoms with Crippen molar-refractivity contribution in [2.75, 3.05) is 18.4 Å². The number of rotatable bonds is 4. The lowest BCUT2D eigenvalue weighted by Crippen LogP contribution is -2.38. The number of benzene rings is 2. The van der Waals surface area contributed by atoms with E-state index in [1.807, 2.05) is 6.92 Å². The van der Waals surface area contributed by atoms with E-state index in [9.17, 15) is 18.0 Å². The zero-order valence-corrected chi connectivity index (χ0v) is 15.2. The Hall–Kier alpha value is -2.34. The smallest absolute Gasteiger partial charge is 0.325 e. The number of halogens is 3. The first-order chi connectivity index (χ1) is 12.8. The Morgan fingerprint density at radius 2 is 1.70 bits per heavy atom. The zero-order chi connectivity index (χ0) is 19.4.